The fraction of sp³-hybridized carbons (Fsp3) is 0.500. The highest BCUT2D eigenvalue weighted by atomic mass is 79.9. The molecular formula is C18H24BrN3O7S. The average molecular weight is 506 g/mol. The summed E-state index contributed by atoms with van der Waals surface area (Å²) in [6, 6.07) is 4.79. The molecule has 0 bridgehead atoms. The zero-order valence-corrected chi connectivity index (χ0v) is 19.2. The van der Waals surface area contributed by atoms with E-state index >= 15 is 0 Å². The minimum atomic E-state index is -4.11. The summed E-state index contributed by atoms with van der Waals surface area (Å²) in [5.74, 6) is -1.41. The van der Waals surface area contributed by atoms with Gasteiger partial charge >= 0.3 is 6.09 Å². The smallest absolute Gasteiger partial charge is 0.408 e. The van der Waals surface area contributed by atoms with E-state index in [-0.39, 0.29) is 17.9 Å². The molecule has 0 aromatic heterocycles. The van der Waals surface area contributed by atoms with Crippen LogP contribution in [0.2, 0.25) is 0 Å². The van der Waals surface area contributed by atoms with E-state index in [2.05, 4.69) is 21.2 Å². The fourth-order valence-electron chi connectivity index (χ4n) is 2.81. The predicted octanol–water partition coefficient (Wildman–Crippen LogP) is 1.13. The van der Waals surface area contributed by atoms with Crippen molar-refractivity contribution >= 4 is 44.0 Å². The molecule has 1 aliphatic rings. The van der Waals surface area contributed by atoms with Gasteiger partial charge in [-0.05, 0) is 45.0 Å². The van der Waals surface area contributed by atoms with E-state index in [0.29, 0.717) is 4.47 Å². The molecule has 1 aliphatic heterocycles. The van der Waals surface area contributed by atoms with Crippen molar-refractivity contribution < 1.29 is 31.7 Å². The van der Waals surface area contributed by atoms with Crippen LogP contribution in [-0.4, -0.2) is 62.1 Å². The van der Waals surface area contributed by atoms with Gasteiger partial charge in [-0.25, -0.2) is 4.79 Å². The molecule has 2 atom stereocenters. The number of nitrogens with zero attached hydrogens (tertiary/aromatic N) is 1. The highest BCUT2D eigenvalue weighted by Crippen LogP contribution is 2.25. The maximum atomic E-state index is 12.5. The second kappa shape index (κ2) is 9.31. The summed E-state index contributed by atoms with van der Waals surface area (Å²) in [4.78, 5) is 37.0. The molecule has 3 N–H and O–H groups in total. The summed E-state index contributed by atoms with van der Waals surface area (Å²) in [7, 11) is -4.11. The molecule has 1 fully saturated rings. The van der Waals surface area contributed by atoms with E-state index in [1.165, 1.54) is 12.1 Å². The molecule has 1 aromatic carbocycles. The first-order valence-corrected chi connectivity index (χ1v) is 11.2. The standard InChI is InChI=1S/C18H24BrN3O7S/c1-18(2,3)28-17(25)21-9-15(23)22-10-12(8-14(22)16(20)24)29-30(26,27)13-6-4-11(19)5-7-13/h4-7,12,14H,8-10H2,1-3H3,(H2,20,24)(H,21,25)/t12-,14-/m0/s1. The number of benzene rings is 1. The Balaban J connectivity index is 2.03. The van der Waals surface area contributed by atoms with Crippen LogP contribution in [0.15, 0.2) is 33.6 Å². The van der Waals surface area contributed by atoms with Gasteiger partial charge in [0, 0.05) is 17.4 Å². The van der Waals surface area contributed by atoms with Crippen LogP contribution >= 0.6 is 15.9 Å². The van der Waals surface area contributed by atoms with Crippen molar-refractivity contribution in [3.63, 3.8) is 0 Å². The number of nitrogens with two attached hydrogens (primary N) is 1. The van der Waals surface area contributed by atoms with Crippen molar-refractivity contribution in [3.8, 4) is 0 Å². The highest BCUT2D eigenvalue weighted by Gasteiger charge is 2.41. The second-order valence-electron chi connectivity index (χ2n) is 7.68. The highest BCUT2D eigenvalue weighted by molar-refractivity contribution is 9.10. The first-order valence-electron chi connectivity index (χ1n) is 9.03. The third-order valence-electron chi connectivity index (χ3n) is 4.06. The molecule has 12 heteroatoms. The Morgan fingerprint density at radius 2 is 1.83 bits per heavy atom. The zero-order chi connectivity index (χ0) is 22.7. The molecule has 10 nitrogen and oxygen atoms in total. The van der Waals surface area contributed by atoms with Crippen molar-refractivity contribution in [2.75, 3.05) is 13.1 Å². The van der Waals surface area contributed by atoms with Crippen molar-refractivity contribution in [1.29, 1.82) is 0 Å². The monoisotopic (exact) mass is 505 g/mol. The van der Waals surface area contributed by atoms with Gasteiger partial charge in [-0.1, -0.05) is 15.9 Å². The number of hydrogen-bond acceptors (Lipinski definition) is 7. The number of halogens is 1. The summed E-state index contributed by atoms with van der Waals surface area (Å²) in [6.45, 7) is 4.41. The molecule has 166 valence electrons. The van der Waals surface area contributed by atoms with Crippen LogP contribution < -0.4 is 11.1 Å². The third-order valence-corrected chi connectivity index (χ3v) is 5.96. The number of amides is 3. The van der Waals surface area contributed by atoms with Gasteiger partial charge in [0.2, 0.25) is 11.8 Å². The molecule has 30 heavy (non-hydrogen) atoms. The Kier molecular flexibility index (Phi) is 7.48. The lowest BCUT2D eigenvalue weighted by atomic mass is 10.2. The number of ether oxygens (including phenoxy) is 1. The topological polar surface area (TPSA) is 145 Å². The van der Waals surface area contributed by atoms with Gasteiger partial charge in [-0.15, -0.1) is 0 Å². The molecule has 0 spiro atoms. The molecule has 3 amide bonds. The number of nitrogens with one attached hydrogen (secondary N) is 1. The number of carbonyl (C=O) groups excluding carboxylic acids is 3. The summed E-state index contributed by atoms with van der Waals surface area (Å²) >= 11 is 3.22. The first kappa shape index (κ1) is 24.1. The quantitative estimate of drug-likeness (QED) is 0.551. The molecule has 1 heterocycles. The Morgan fingerprint density at radius 1 is 1.23 bits per heavy atom. The second-order valence-corrected chi connectivity index (χ2v) is 10.2. The van der Waals surface area contributed by atoms with Crippen LogP contribution in [0.5, 0.6) is 0 Å². The molecule has 0 unspecified atom stereocenters. The largest absolute Gasteiger partial charge is 0.444 e. The maximum Gasteiger partial charge on any atom is 0.408 e. The van der Waals surface area contributed by atoms with Gasteiger partial charge in [0.15, 0.2) is 0 Å². The number of hydrogen-bond donors (Lipinski definition) is 2. The molecule has 1 aromatic rings. The summed E-state index contributed by atoms with van der Waals surface area (Å²) < 4.78 is 35.9. The lowest BCUT2D eigenvalue weighted by Crippen LogP contribution is -2.48. The van der Waals surface area contributed by atoms with E-state index in [0.717, 1.165) is 4.90 Å². The van der Waals surface area contributed by atoms with Crippen molar-refractivity contribution in [2.24, 2.45) is 5.73 Å². The van der Waals surface area contributed by atoms with Gasteiger partial charge in [0.1, 0.15) is 18.2 Å². The Bertz CT molecular complexity index is 913. The third kappa shape index (κ3) is 6.67. The van der Waals surface area contributed by atoms with Gasteiger partial charge < -0.3 is 20.7 Å². The number of alkyl carbamates (subject to hydrolysis) is 1. The molecule has 2 rings (SSSR count). The van der Waals surface area contributed by atoms with Crippen LogP contribution in [-0.2, 0) is 28.6 Å². The predicted molar refractivity (Wildman–Crippen MR) is 110 cm³/mol. The summed E-state index contributed by atoms with van der Waals surface area (Å²) in [6.07, 6.45) is -1.83. The van der Waals surface area contributed by atoms with Gasteiger partial charge in [-0.3, -0.25) is 13.8 Å². The SMILES string of the molecule is CC(C)(C)OC(=O)NCC(=O)N1C[C@@H](OS(=O)(=O)c2ccc(Br)cc2)C[C@H]1C(N)=O. The van der Waals surface area contributed by atoms with Crippen LogP contribution in [0.25, 0.3) is 0 Å². The normalized spacial score (nSPS) is 19.4. The molecule has 0 aliphatic carbocycles. The van der Waals surface area contributed by atoms with Crippen molar-refractivity contribution in [2.45, 2.75) is 49.8 Å². The van der Waals surface area contributed by atoms with Gasteiger partial charge in [-0.2, -0.15) is 8.42 Å². The van der Waals surface area contributed by atoms with Crippen LogP contribution in [0.1, 0.15) is 27.2 Å². The molecular weight excluding hydrogens is 482 g/mol. The lowest BCUT2D eigenvalue weighted by Gasteiger charge is -2.23. The van der Waals surface area contributed by atoms with Crippen LogP contribution in [0, 0.1) is 0 Å². The minimum Gasteiger partial charge on any atom is -0.444 e. The Labute approximate surface area is 183 Å². The van der Waals surface area contributed by atoms with Gasteiger partial charge in [0.25, 0.3) is 10.1 Å². The van der Waals surface area contributed by atoms with Gasteiger partial charge in [0.05, 0.1) is 11.0 Å². The van der Waals surface area contributed by atoms with Crippen molar-refractivity contribution in [1.82, 2.24) is 10.2 Å². The number of rotatable bonds is 6. The number of carbonyl (C=O) groups is 3. The maximum absolute atomic E-state index is 12.5. The summed E-state index contributed by atoms with van der Waals surface area (Å²) in [5, 5.41) is 2.30. The first-order chi connectivity index (χ1) is 13.8. The number of likely N-dealkylation sites (tertiary alicyclic amines) is 1. The lowest BCUT2D eigenvalue weighted by molar-refractivity contribution is -0.136. The van der Waals surface area contributed by atoms with E-state index < -0.39 is 52.3 Å². The molecule has 1 saturated heterocycles. The average Bonchev–Trinajstić information content (AvgIpc) is 3.02. The zero-order valence-electron chi connectivity index (χ0n) is 16.8. The Morgan fingerprint density at radius 3 is 2.37 bits per heavy atom. The van der Waals surface area contributed by atoms with Crippen LogP contribution in [0.4, 0.5) is 4.79 Å². The molecule has 0 radical (unpaired) electrons. The Hall–Kier alpha value is -2.18. The summed E-state index contributed by atoms with van der Waals surface area (Å²) in [5.41, 5.74) is 4.62. The van der Waals surface area contributed by atoms with Crippen LogP contribution in [0.3, 0.4) is 0 Å². The molecule has 0 saturated carbocycles. The van der Waals surface area contributed by atoms with E-state index in [9.17, 15) is 22.8 Å². The van der Waals surface area contributed by atoms with E-state index in [1.807, 2.05) is 0 Å². The van der Waals surface area contributed by atoms with Crippen molar-refractivity contribution in [3.05, 3.63) is 28.7 Å². The fourth-order valence-corrected chi connectivity index (χ4v) is 4.15. The minimum absolute atomic E-state index is 0.0577. The van der Waals surface area contributed by atoms with E-state index in [4.69, 9.17) is 14.7 Å². The van der Waals surface area contributed by atoms with E-state index in [1.54, 1.807) is 32.9 Å². The number of primary amides is 1.